The monoisotopic (exact) mass is 919 g/mol. The summed E-state index contributed by atoms with van der Waals surface area (Å²) in [7, 11) is 6.43. The van der Waals surface area contributed by atoms with Gasteiger partial charge in [-0.15, -0.1) is 22.7 Å². The van der Waals surface area contributed by atoms with Crippen LogP contribution in [0.15, 0.2) is 70.5 Å². The van der Waals surface area contributed by atoms with E-state index >= 15 is 0 Å². The molecule has 0 saturated heterocycles. The third-order valence-electron chi connectivity index (χ3n) is 9.17. The normalized spacial score (nSPS) is 12.0. The number of ether oxygens (including phenoxy) is 4. The Bertz CT molecular complexity index is 2620. The molecule has 7 aromatic rings. The third kappa shape index (κ3) is 10.2. The predicted molar refractivity (Wildman–Crippen MR) is 240 cm³/mol. The number of benzene rings is 3. The molecule has 4 N–H and O–H groups in total. The predicted octanol–water partition coefficient (Wildman–Crippen LogP) is 11.2. The molecule has 0 radical (unpaired) electrons. The lowest BCUT2D eigenvalue weighted by molar-refractivity contribution is 0.194. The molecule has 0 saturated carbocycles. The number of aromatic nitrogens is 4. The van der Waals surface area contributed by atoms with Gasteiger partial charge in [0.25, 0.3) is 0 Å². The molecule has 0 aliphatic heterocycles. The first-order valence-electron chi connectivity index (χ1n) is 18.2. The maximum Gasteiger partial charge on any atom is 0.404 e. The number of thiophene rings is 2. The zero-order valence-corrected chi connectivity index (χ0v) is 37.5. The Kier molecular flexibility index (Phi) is 14.0. The van der Waals surface area contributed by atoms with Gasteiger partial charge in [0.2, 0.25) is 0 Å². The van der Waals surface area contributed by atoms with E-state index in [1.807, 2.05) is 62.4 Å². The highest BCUT2D eigenvalue weighted by Crippen LogP contribution is 2.39. The van der Waals surface area contributed by atoms with E-state index in [1.165, 1.54) is 4.88 Å². The molecule has 0 spiro atoms. The first-order chi connectivity index (χ1) is 28.3. The Hall–Kier alpha value is -5.42. The quantitative estimate of drug-likeness (QED) is 0.0867. The molecule has 7 rings (SSSR count). The van der Waals surface area contributed by atoms with Gasteiger partial charge in [-0.1, -0.05) is 17.7 Å². The number of nitrogens with zero attached hydrogens (tertiary/aromatic N) is 4. The van der Waals surface area contributed by atoms with E-state index in [0.29, 0.717) is 45.5 Å². The van der Waals surface area contributed by atoms with Crippen molar-refractivity contribution in [1.82, 2.24) is 25.3 Å². The number of fused-ring (bicyclic) bond motifs is 2. The summed E-state index contributed by atoms with van der Waals surface area (Å²) in [4.78, 5) is 32.6. The average molecular weight is 921 g/mol. The van der Waals surface area contributed by atoms with E-state index in [1.54, 1.807) is 57.2 Å². The van der Waals surface area contributed by atoms with Crippen LogP contribution in [0.5, 0.6) is 23.0 Å². The summed E-state index contributed by atoms with van der Waals surface area (Å²) in [5.41, 5.74) is 3.33. The van der Waals surface area contributed by atoms with E-state index in [2.05, 4.69) is 77.8 Å². The topological polar surface area (TPSA) is 162 Å². The van der Waals surface area contributed by atoms with Gasteiger partial charge < -0.3 is 40.0 Å². The molecule has 0 bridgehead atoms. The second kappa shape index (κ2) is 19.1. The SMILES string of the molecule is COc1cc2nc(C)nc(NC(C)c3ccc(-c4cc(Cl)ccc4CNC(=O)O)s3)c2cc1OC.COc1cc2nc(C)nc(NC(C)c3ccc(Br)s3)c2cc1OC. The Morgan fingerprint density at radius 2 is 1.20 bits per heavy atom. The summed E-state index contributed by atoms with van der Waals surface area (Å²) in [6, 6.07) is 21.2. The Morgan fingerprint density at radius 1 is 0.712 bits per heavy atom. The number of rotatable bonds is 13. The molecule has 1 amide bonds. The number of nitrogens with one attached hydrogen (secondary N) is 3. The van der Waals surface area contributed by atoms with Crippen molar-refractivity contribution in [3.05, 3.63) is 103 Å². The van der Waals surface area contributed by atoms with Crippen molar-refractivity contribution in [2.24, 2.45) is 0 Å². The number of amides is 1. The van der Waals surface area contributed by atoms with Gasteiger partial charge in [0.05, 0.1) is 55.3 Å². The maximum absolute atomic E-state index is 11.0. The van der Waals surface area contributed by atoms with Crippen LogP contribution in [0.2, 0.25) is 5.02 Å². The second-order valence-corrected chi connectivity index (χ2v) is 17.3. The standard InChI is InChI=1S/C25H25ClN4O4S.C17H18BrN3O2S/c1-13(28-24-18-10-20(33-3)21(34-4)11-19(18)29-14(2)30-24)22-7-8-23(35-22)17-9-16(26)6-5-15(17)12-27-25(31)32;1-9(15-5-6-16(18)24-15)19-17-11-7-13(22-3)14(23-4)8-12(11)20-10(2)21-17/h5-11,13,27H,12H2,1-4H3,(H,31,32)(H,28,29,30);5-9H,1-4H3,(H,19,20,21). The number of aryl methyl sites for hydroxylation is 2. The van der Waals surface area contributed by atoms with Crippen LogP contribution in [0.4, 0.5) is 16.4 Å². The average Bonchev–Trinajstić information content (AvgIpc) is 3.89. The van der Waals surface area contributed by atoms with Gasteiger partial charge in [0.15, 0.2) is 23.0 Å². The van der Waals surface area contributed by atoms with Crippen molar-refractivity contribution in [3.8, 4) is 33.4 Å². The van der Waals surface area contributed by atoms with Crippen LogP contribution in [0.1, 0.15) is 52.9 Å². The number of carboxylic acid groups (broad SMARTS) is 1. The molecule has 0 aliphatic rings. The van der Waals surface area contributed by atoms with E-state index < -0.39 is 6.09 Å². The van der Waals surface area contributed by atoms with Gasteiger partial charge in [-0.25, -0.2) is 24.7 Å². The van der Waals surface area contributed by atoms with Crippen LogP contribution >= 0.6 is 50.2 Å². The number of hydrogen-bond acceptors (Lipinski definition) is 13. The Morgan fingerprint density at radius 3 is 1.68 bits per heavy atom. The van der Waals surface area contributed by atoms with Crippen molar-refractivity contribution in [3.63, 3.8) is 0 Å². The molecule has 0 fully saturated rings. The van der Waals surface area contributed by atoms with Gasteiger partial charge in [0, 0.05) is 49.1 Å². The second-order valence-electron chi connectivity index (χ2n) is 13.2. The van der Waals surface area contributed by atoms with Crippen LogP contribution in [0.3, 0.4) is 0 Å². The van der Waals surface area contributed by atoms with Crippen LogP contribution in [0.25, 0.3) is 32.2 Å². The van der Waals surface area contributed by atoms with Crippen molar-refractivity contribution >= 4 is 89.7 Å². The largest absolute Gasteiger partial charge is 0.493 e. The van der Waals surface area contributed by atoms with Gasteiger partial charge in [-0.2, -0.15) is 0 Å². The van der Waals surface area contributed by atoms with Crippen molar-refractivity contribution in [1.29, 1.82) is 0 Å². The minimum absolute atomic E-state index is 0.0564. The van der Waals surface area contributed by atoms with Crippen LogP contribution in [-0.4, -0.2) is 59.6 Å². The highest BCUT2D eigenvalue weighted by Gasteiger charge is 2.18. The molecule has 0 aliphatic carbocycles. The number of carbonyl (C=O) groups is 1. The molecule has 3 aromatic carbocycles. The van der Waals surface area contributed by atoms with Gasteiger partial charge in [-0.05, 0) is 103 Å². The van der Waals surface area contributed by atoms with Crippen molar-refractivity contribution in [2.45, 2.75) is 46.3 Å². The molecule has 4 heterocycles. The molecular formula is C42H43BrClN7O6S2. The molecule has 13 nitrogen and oxygen atoms in total. The highest BCUT2D eigenvalue weighted by atomic mass is 79.9. The summed E-state index contributed by atoms with van der Waals surface area (Å²) in [5, 5.41) is 20.7. The summed E-state index contributed by atoms with van der Waals surface area (Å²) >= 11 is 13.1. The molecule has 2 atom stereocenters. The van der Waals surface area contributed by atoms with Gasteiger partial charge >= 0.3 is 6.09 Å². The van der Waals surface area contributed by atoms with E-state index in [-0.39, 0.29) is 18.6 Å². The fourth-order valence-corrected chi connectivity index (χ4v) is 8.97. The Labute approximate surface area is 363 Å². The molecule has 2 unspecified atom stereocenters. The smallest absolute Gasteiger partial charge is 0.404 e. The van der Waals surface area contributed by atoms with E-state index in [0.717, 1.165) is 52.3 Å². The van der Waals surface area contributed by atoms with E-state index in [4.69, 9.17) is 35.7 Å². The molecule has 59 heavy (non-hydrogen) atoms. The highest BCUT2D eigenvalue weighted by molar-refractivity contribution is 9.11. The van der Waals surface area contributed by atoms with Gasteiger partial charge in [0.1, 0.15) is 23.3 Å². The summed E-state index contributed by atoms with van der Waals surface area (Å²) in [6.45, 7) is 8.10. The zero-order chi connectivity index (χ0) is 42.4. The summed E-state index contributed by atoms with van der Waals surface area (Å²) < 4.78 is 22.8. The summed E-state index contributed by atoms with van der Waals surface area (Å²) in [6.07, 6.45) is -1.07. The lowest BCUT2D eigenvalue weighted by Crippen LogP contribution is -2.20. The number of hydrogen-bond donors (Lipinski definition) is 4. The molecule has 17 heteroatoms. The fourth-order valence-electron chi connectivity index (χ4n) is 6.31. The van der Waals surface area contributed by atoms with Crippen LogP contribution in [0, 0.1) is 13.8 Å². The maximum atomic E-state index is 11.0. The minimum Gasteiger partial charge on any atom is -0.493 e. The van der Waals surface area contributed by atoms with Crippen molar-refractivity contribution < 1.29 is 28.8 Å². The molecule has 4 aromatic heterocycles. The number of halogens is 2. The molecule has 308 valence electrons. The minimum atomic E-state index is -1.07. The van der Waals surface area contributed by atoms with Gasteiger partial charge in [-0.3, -0.25) is 0 Å². The van der Waals surface area contributed by atoms with Crippen molar-refractivity contribution in [2.75, 3.05) is 39.1 Å². The van der Waals surface area contributed by atoms with E-state index in [9.17, 15) is 4.79 Å². The first-order valence-corrected chi connectivity index (χ1v) is 21.0. The fraction of sp³-hybridized carbons (Fsp3) is 0.262. The van der Waals surface area contributed by atoms with Crippen LogP contribution < -0.4 is 34.9 Å². The van der Waals surface area contributed by atoms with Crippen LogP contribution in [-0.2, 0) is 6.54 Å². The Balaban J connectivity index is 0.000000213. The summed E-state index contributed by atoms with van der Waals surface area (Å²) in [5.74, 6) is 5.36. The number of methoxy groups -OCH3 is 4. The lowest BCUT2D eigenvalue weighted by Gasteiger charge is -2.17. The molecular weight excluding hydrogens is 878 g/mol. The lowest BCUT2D eigenvalue weighted by atomic mass is 10.1. The number of anilines is 2. The zero-order valence-electron chi connectivity index (χ0n) is 33.6. The third-order valence-corrected chi connectivity index (χ3v) is 12.5. The first kappa shape index (κ1) is 43.2.